The minimum Gasteiger partial charge on any atom is -0.305 e. The van der Waals surface area contributed by atoms with E-state index in [9.17, 15) is 4.79 Å². The molecule has 3 heteroatoms. The minimum atomic E-state index is 0.148. The third-order valence-corrected chi connectivity index (χ3v) is 5.94. The first kappa shape index (κ1) is 13.5. The van der Waals surface area contributed by atoms with Crippen LogP contribution in [0.4, 0.5) is 0 Å². The van der Waals surface area contributed by atoms with Crippen molar-refractivity contribution in [3.63, 3.8) is 0 Å². The number of benzene rings is 1. The van der Waals surface area contributed by atoms with Crippen molar-refractivity contribution in [2.45, 2.75) is 37.1 Å². The topological polar surface area (TPSA) is 23.6 Å². The van der Waals surface area contributed by atoms with Gasteiger partial charge < -0.3 is 4.90 Å². The standard InChI is InChI=1S/C18H24N2O/c1-19-9-6-14(13-19)20-10-7-18(8-11-20)12-17(21)15-4-2-3-5-16(15)18/h2-5,14H,6-13H2,1H3. The molecule has 112 valence electrons. The average molecular weight is 284 g/mol. The molecule has 2 heterocycles. The molecule has 3 nitrogen and oxygen atoms in total. The van der Waals surface area contributed by atoms with Crippen molar-refractivity contribution in [1.29, 1.82) is 0 Å². The molecule has 0 bridgehead atoms. The van der Waals surface area contributed by atoms with Gasteiger partial charge >= 0.3 is 0 Å². The Morgan fingerprint density at radius 1 is 1.14 bits per heavy atom. The molecule has 1 atom stereocenters. The van der Waals surface area contributed by atoms with Crippen LogP contribution in [0.25, 0.3) is 0 Å². The van der Waals surface area contributed by atoms with Crippen LogP contribution < -0.4 is 0 Å². The van der Waals surface area contributed by atoms with Gasteiger partial charge in [0.1, 0.15) is 0 Å². The summed E-state index contributed by atoms with van der Waals surface area (Å²) in [6, 6.07) is 9.04. The van der Waals surface area contributed by atoms with Crippen LogP contribution in [0.3, 0.4) is 0 Å². The zero-order valence-electron chi connectivity index (χ0n) is 12.8. The summed E-state index contributed by atoms with van der Waals surface area (Å²) in [5.41, 5.74) is 2.47. The van der Waals surface area contributed by atoms with Gasteiger partial charge in [-0.15, -0.1) is 0 Å². The number of hydrogen-bond acceptors (Lipinski definition) is 3. The van der Waals surface area contributed by atoms with Crippen molar-refractivity contribution in [3.05, 3.63) is 35.4 Å². The number of nitrogens with zero attached hydrogens (tertiary/aromatic N) is 2. The molecular formula is C18H24N2O. The normalized spacial score (nSPS) is 29.2. The molecule has 0 amide bonds. The Morgan fingerprint density at radius 2 is 1.90 bits per heavy atom. The molecule has 1 unspecified atom stereocenters. The second-order valence-corrected chi connectivity index (χ2v) is 7.17. The van der Waals surface area contributed by atoms with Crippen molar-refractivity contribution in [3.8, 4) is 0 Å². The van der Waals surface area contributed by atoms with E-state index in [1.54, 1.807) is 0 Å². The lowest BCUT2D eigenvalue weighted by Gasteiger charge is -2.42. The Kier molecular flexibility index (Phi) is 3.16. The van der Waals surface area contributed by atoms with E-state index in [0.717, 1.165) is 44.0 Å². The summed E-state index contributed by atoms with van der Waals surface area (Å²) in [7, 11) is 2.22. The van der Waals surface area contributed by atoms with Gasteiger partial charge in [0.05, 0.1) is 0 Å². The molecule has 1 spiro atoms. The van der Waals surface area contributed by atoms with Crippen LogP contribution in [0.5, 0.6) is 0 Å². The Morgan fingerprint density at radius 3 is 2.62 bits per heavy atom. The summed E-state index contributed by atoms with van der Waals surface area (Å²) in [6.45, 7) is 4.75. The van der Waals surface area contributed by atoms with E-state index in [-0.39, 0.29) is 5.41 Å². The molecule has 2 aliphatic heterocycles. The van der Waals surface area contributed by atoms with Crippen molar-refractivity contribution in [2.75, 3.05) is 33.2 Å². The number of Topliss-reactive ketones (excluding diaryl/α,β-unsaturated/α-hetero) is 1. The van der Waals surface area contributed by atoms with Gasteiger partial charge in [0.15, 0.2) is 5.78 Å². The smallest absolute Gasteiger partial charge is 0.164 e. The number of piperidine rings is 1. The second kappa shape index (κ2) is 4.92. The summed E-state index contributed by atoms with van der Waals surface area (Å²) >= 11 is 0. The van der Waals surface area contributed by atoms with Gasteiger partial charge in [-0.2, -0.15) is 0 Å². The molecule has 1 aliphatic carbocycles. The Hall–Kier alpha value is -1.19. The Bertz CT molecular complexity index is 560. The van der Waals surface area contributed by atoms with Crippen LogP contribution in [0, 0.1) is 0 Å². The molecule has 4 rings (SSSR count). The van der Waals surface area contributed by atoms with Crippen LogP contribution in [0.2, 0.25) is 0 Å². The fourth-order valence-corrected chi connectivity index (χ4v) is 4.66. The van der Waals surface area contributed by atoms with Crippen LogP contribution in [-0.2, 0) is 5.41 Å². The fraction of sp³-hybridized carbons (Fsp3) is 0.611. The number of hydrogen-bond donors (Lipinski definition) is 0. The maximum absolute atomic E-state index is 12.3. The van der Waals surface area contributed by atoms with Crippen LogP contribution in [0.15, 0.2) is 24.3 Å². The third kappa shape index (κ3) is 2.14. The van der Waals surface area contributed by atoms with Gasteiger partial charge in [-0.25, -0.2) is 0 Å². The van der Waals surface area contributed by atoms with Gasteiger partial charge in [-0.3, -0.25) is 9.69 Å². The summed E-state index contributed by atoms with van der Waals surface area (Å²) < 4.78 is 0. The molecule has 0 radical (unpaired) electrons. The molecule has 2 fully saturated rings. The van der Waals surface area contributed by atoms with Crippen molar-refractivity contribution < 1.29 is 4.79 Å². The fourth-order valence-electron chi connectivity index (χ4n) is 4.66. The van der Waals surface area contributed by atoms with E-state index in [2.05, 4.69) is 29.0 Å². The number of likely N-dealkylation sites (tertiary alicyclic amines) is 2. The quantitative estimate of drug-likeness (QED) is 0.790. The zero-order chi connectivity index (χ0) is 14.4. The van der Waals surface area contributed by atoms with Crippen LogP contribution in [0.1, 0.15) is 41.6 Å². The monoisotopic (exact) mass is 284 g/mol. The Balaban J connectivity index is 1.52. The van der Waals surface area contributed by atoms with Crippen molar-refractivity contribution in [1.82, 2.24) is 9.80 Å². The maximum atomic E-state index is 12.3. The van der Waals surface area contributed by atoms with Crippen LogP contribution in [-0.4, -0.2) is 54.9 Å². The predicted molar refractivity (Wildman–Crippen MR) is 83.8 cm³/mol. The van der Waals surface area contributed by atoms with Gasteiger partial charge in [-0.05, 0) is 51.5 Å². The largest absolute Gasteiger partial charge is 0.305 e. The molecule has 1 aromatic rings. The number of carbonyl (C=O) groups is 1. The SMILES string of the molecule is CN1CCC(N2CCC3(CC2)CC(=O)c2ccccc23)C1. The lowest BCUT2D eigenvalue weighted by Crippen LogP contribution is -2.47. The zero-order valence-corrected chi connectivity index (χ0v) is 12.8. The van der Waals surface area contributed by atoms with E-state index >= 15 is 0 Å². The first-order chi connectivity index (χ1) is 10.2. The molecule has 21 heavy (non-hydrogen) atoms. The van der Waals surface area contributed by atoms with Gasteiger partial charge in [-0.1, -0.05) is 24.3 Å². The highest BCUT2D eigenvalue weighted by Gasteiger charge is 2.45. The van der Waals surface area contributed by atoms with Crippen molar-refractivity contribution >= 4 is 5.78 Å². The van der Waals surface area contributed by atoms with Gasteiger partial charge in [0, 0.05) is 30.0 Å². The highest BCUT2D eigenvalue weighted by atomic mass is 16.1. The lowest BCUT2D eigenvalue weighted by atomic mass is 9.73. The van der Waals surface area contributed by atoms with E-state index in [0.29, 0.717) is 5.78 Å². The summed E-state index contributed by atoms with van der Waals surface area (Å²) in [6.07, 6.45) is 4.34. The molecule has 1 aromatic carbocycles. The first-order valence-corrected chi connectivity index (χ1v) is 8.23. The second-order valence-electron chi connectivity index (χ2n) is 7.17. The van der Waals surface area contributed by atoms with E-state index in [1.165, 1.54) is 25.1 Å². The molecule has 0 aromatic heterocycles. The molecule has 2 saturated heterocycles. The predicted octanol–water partition coefficient (Wildman–Crippen LogP) is 2.31. The number of ketones is 1. The molecular weight excluding hydrogens is 260 g/mol. The van der Waals surface area contributed by atoms with Crippen molar-refractivity contribution in [2.24, 2.45) is 0 Å². The van der Waals surface area contributed by atoms with E-state index < -0.39 is 0 Å². The van der Waals surface area contributed by atoms with E-state index in [1.807, 2.05) is 12.1 Å². The summed E-state index contributed by atoms with van der Waals surface area (Å²) in [4.78, 5) is 17.4. The average Bonchev–Trinajstić information content (AvgIpc) is 3.04. The highest BCUT2D eigenvalue weighted by Crippen LogP contribution is 2.46. The number of carbonyl (C=O) groups excluding carboxylic acids is 1. The van der Waals surface area contributed by atoms with Crippen LogP contribution >= 0.6 is 0 Å². The first-order valence-electron chi connectivity index (χ1n) is 8.23. The Labute approximate surface area is 126 Å². The maximum Gasteiger partial charge on any atom is 0.164 e. The number of rotatable bonds is 1. The molecule has 3 aliphatic rings. The van der Waals surface area contributed by atoms with Gasteiger partial charge in [0.2, 0.25) is 0 Å². The third-order valence-electron chi connectivity index (χ3n) is 5.94. The highest BCUT2D eigenvalue weighted by molar-refractivity contribution is 6.02. The molecule has 0 N–H and O–H groups in total. The minimum absolute atomic E-state index is 0.148. The number of fused-ring (bicyclic) bond motifs is 2. The summed E-state index contributed by atoms with van der Waals surface area (Å²) in [5, 5.41) is 0. The lowest BCUT2D eigenvalue weighted by molar-refractivity contribution is 0.0895. The summed E-state index contributed by atoms with van der Waals surface area (Å²) in [5.74, 6) is 0.361. The van der Waals surface area contributed by atoms with Gasteiger partial charge in [0.25, 0.3) is 0 Å². The van der Waals surface area contributed by atoms with E-state index in [4.69, 9.17) is 0 Å². The molecule has 0 saturated carbocycles. The number of likely N-dealkylation sites (N-methyl/N-ethyl adjacent to an activating group) is 1.